The van der Waals surface area contributed by atoms with Crippen LogP contribution in [0, 0.1) is 200 Å². The van der Waals surface area contributed by atoms with Gasteiger partial charge in [-0.1, -0.05) is 120 Å². The number of aliphatic hydroxyl groups excluding tert-OH is 4. The summed E-state index contributed by atoms with van der Waals surface area (Å²) in [5.41, 5.74) is -15.2. The predicted octanol–water partition coefficient (Wildman–Crippen LogP) is 6.04. The fourth-order valence-corrected chi connectivity index (χ4v) is 19.9. The van der Waals surface area contributed by atoms with Gasteiger partial charge in [-0.05, 0) is 30.5 Å². The molecule has 16 atom stereocenters. The maximum absolute atomic E-state index is 14.8. The van der Waals surface area contributed by atoms with Gasteiger partial charge >= 0.3 is 243 Å². The Kier molecular flexibility index (Phi) is 56.7. The Morgan fingerprint density at radius 1 is 0.341 bits per heavy atom. The second-order valence-corrected chi connectivity index (χ2v) is 41.6. The molecule has 0 aromatic carbocycles. The second-order valence-electron chi connectivity index (χ2n) is 21.9. The first-order chi connectivity index (χ1) is 56.7. The number of nitrogens with two attached hydrogens (primary N) is 1. The van der Waals surface area contributed by atoms with Gasteiger partial charge in [0.05, 0.1) is 23.6 Å². The molecule has 0 aliphatic carbocycles. The van der Waals surface area contributed by atoms with E-state index in [4.69, 9.17) is 88.9 Å². The standard InChI is InChI=1S/C10H14F4N3O11P3S.2C10H13F4N2O12P3S.C10H13F4N2O11P3S2.4U/c11-9(10(12,13)14,5-17-3-1-7(15)16-8(17)32)6(18)2-4-26-30(22,23)28-31(24,25)27-29(19,20)21;11-9(10(12,13)14,5-16-3-1-7(32)15-8(16)18)6(17)2-4-26-30(22,23)28-31(24,25)27-29(19,20)21;11-9(10(12,13)14,5-16-3-1-7(18)15-8(16)32)6(17)2-4-26-30(22,23)28-31(24,25)27-29(19,20)21;11-9(10(12,13)14,5-16-3-1-7(31)15-8(16)32)6(17)2-4-25-29(21,22)27-30(23,24)26-28(18,19)20;;;;/h1-3,5-6,18H,4H2,(H,22,23)(H,24,25)(H2,15,16,32)(H2,19,20,21);2*1-3,5-6,17H,4H2,(H,22,23)(H,24,25)(H,15,18,32)(H2,19,20,21);1-3,5-6,17H,4H2,(H,21,22)(H,23,24)(H,15,31,32)(H2,18,19,20);;;;/q4*-2;4*+2/t4*6-,9?;;;;/m0000..../s1. The minimum absolute atomic E-state index is 0. The molecule has 4 aromatic rings. The van der Waals surface area contributed by atoms with Crippen molar-refractivity contribution in [3.63, 3.8) is 0 Å². The molecule has 752 valence electrons. The number of alkyl halides is 16. The molecule has 12 unspecified atom stereocenters. The zero-order chi connectivity index (χ0) is 101. The monoisotopic (exact) mass is 3180 g/mol. The molecule has 0 bridgehead atoms. The van der Waals surface area contributed by atoms with E-state index in [2.05, 4.69) is 99.2 Å². The van der Waals surface area contributed by atoms with Crippen molar-refractivity contribution in [2.75, 3.05) is 32.2 Å². The van der Waals surface area contributed by atoms with Gasteiger partial charge in [0.2, 0.25) is 11.2 Å². The molecular formula is C40H53F16N9O46P12S5U4. The van der Waals surface area contributed by atoms with Gasteiger partial charge in [-0.2, -0.15) is 87.2 Å². The zero-order valence-corrected chi connectivity index (χ0v) is 93.2. The van der Waals surface area contributed by atoms with Gasteiger partial charge in [-0.25, -0.2) is 72.3 Å². The molecule has 132 heavy (non-hydrogen) atoms. The molecule has 0 amide bonds. The number of phosphoric acid groups is 12. The van der Waals surface area contributed by atoms with E-state index in [-0.39, 0.29) is 196 Å². The first-order valence-electron chi connectivity index (χ1n) is 29.6. The summed E-state index contributed by atoms with van der Waals surface area (Å²) in [6.45, 7) is -7.01. The molecule has 0 radical (unpaired) electrons. The van der Waals surface area contributed by atoms with Crippen LogP contribution in [0.4, 0.5) is 76.1 Å². The van der Waals surface area contributed by atoms with E-state index in [1.54, 1.807) is 0 Å². The number of hydrogen-bond donors (Lipinski definition) is 24. The number of rotatable bonds is 44. The van der Waals surface area contributed by atoms with Crippen LogP contribution in [0.5, 0.6) is 0 Å². The summed E-state index contributed by atoms with van der Waals surface area (Å²) in [5.74, 6) is -0.195. The molecule has 4 aromatic heterocycles. The molecular weight excluding hydrogens is 3130 g/mol. The first-order valence-corrected chi connectivity index (χ1v) is 49.8. The van der Waals surface area contributed by atoms with Gasteiger partial charge in [0.1, 0.15) is 5.82 Å². The average Bonchev–Trinajstić information content (AvgIpc) is 0.790. The molecule has 55 nitrogen and oxygen atoms in total. The van der Waals surface area contributed by atoms with E-state index in [1.165, 1.54) is 0 Å². The predicted molar refractivity (Wildman–Crippen MR) is 389 cm³/mol. The van der Waals surface area contributed by atoms with Crippen LogP contribution in [0.2, 0.25) is 0 Å². The number of nitrogen functional groups attached to an aromatic ring is 1. The van der Waals surface area contributed by atoms with Crippen molar-refractivity contribution in [1.82, 2.24) is 38.2 Å². The molecule has 92 heteroatoms. The summed E-state index contributed by atoms with van der Waals surface area (Å²) in [4.78, 5) is 172. The van der Waals surface area contributed by atoms with Gasteiger partial charge in [-0.3, -0.25) is 35.5 Å². The summed E-state index contributed by atoms with van der Waals surface area (Å²) in [6, 6.07) is 3.64. The Labute approximate surface area is 840 Å². The van der Waals surface area contributed by atoms with Crippen LogP contribution >= 0.6 is 155 Å². The van der Waals surface area contributed by atoms with Gasteiger partial charge in [-0.15, -0.1) is 36.7 Å². The van der Waals surface area contributed by atoms with Crippen LogP contribution in [0.25, 0.3) is 0 Å². The maximum atomic E-state index is 14.8. The van der Waals surface area contributed by atoms with Gasteiger partial charge in [0.15, 0.2) is 22.7 Å². The fraction of sp³-hybridized carbons (Fsp3) is 0.400. The average molecular weight is 3180 g/mol. The van der Waals surface area contributed by atoms with Crippen molar-refractivity contribution in [2.45, 2.75) is 71.8 Å². The molecule has 0 saturated carbocycles. The van der Waals surface area contributed by atoms with Gasteiger partial charge < -0.3 is 161 Å². The fourth-order valence-electron chi connectivity index (χ4n) is 7.00. The largest absolute Gasteiger partial charge is 2.00 e. The van der Waals surface area contributed by atoms with E-state index in [0.29, 0.717) is 32.2 Å². The third-order valence-electron chi connectivity index (χ3n) is 12.1. The van der Waals surface area contributed by atoms with E-state index in [0.717, 1.165) is 30.6 Å². The van der Waals surface area contributed by atoms with E-state index in [1.807, 2.05) is 9.97 Å². The zero-order valence-electron chi connectivity index (χ0n) is 61.7. The third-order valence-corrected chi connectivity index (χ3v) is 28.7. The molecule has 25 N–H and O–H groups in total. The summed E-state index contributed by atoms with van der Waals surface area (Å²) in [7, 11) is -69.2. The summed E-state index contributed by atoms with van der Waals surface area (Å²) in [6.07, 6.45) is -32.8. The molecule has 0 aliphatic heterocycles. The Morgan fingerprint density at radius 3 is 0.788 bits per heavy atom. The Hall–Kier alpha value is 0.868. The number of aromatic nitrogens is 8. The summed E-state index contributed by atoms with van der Waals surface area (Å²) in [5, 5.41) is 38.7. The quantitative estimate of drug-likeness (QED) is 0.0104. The SMILES string of the molecule is Nc1ccn([CH-]C(F)([C@@H](O)[CH-]COP(=O)(O)OP(=O)(O)OP(=O)(O)O)C(F)(F)F)c(=S)n1.O=P(O)(O)OP(=O)(O)OP(=O)(O)OC[CH-][C@H](O)C(F)([CH-]n1ccc(=S)[nH]c1=S)C(F)(F)F.O=c1[nH]c(=S)ccn1[CH-]C(F)([C@@H](O)[CH-]COP(=O)(O)OP(=O)(O)OP(=O)(O)O)C(F)(F)F.O=c1ccn([CH-]C(F)([C@@H](O)[CH-]COP(=O)(O)OP(=O)(O)OP(=O)(O)O)C(F)(F)F)c(=S)[nH]1.[U+2].[U+2].[U+2].[U+2]. The Balaban J connectivity index is -0.000000819. The smallest absolute Gasteiger partial charge is 0.459 e. The minimum Gasteiger partial charge on any atom is -0.459 e. The molecule has 0 saturated heterocycles. The third kappa shape index (κ3) is 50.6. The number of hydrogen-bond acceptors (Lipinski definition) is 37. The van der Waals surface area contributed by atoms with E-state index in [9.17, 15) is 175 Å². The summed E-state index contributed by atoms with van der Waals surface area (Å²) >= 11 is 23.1. The van der Waals surface area contributed by atoms with Crippen molar-refractivity contribution < 1.29 is 401 Å². The van der Waals surface area contributed by atoms with E-state index >= 15 is 0 Å². The number of anilines is 1. The number of phosphoric ester groups is 4. The maximum Gasteiger partial charge on any atom is 2.00 e. The van der Waals surface area contributed by atoms with Crippen molar-refractivity contribution in [2.24, 2.45) is 0 Å². The molecule has 0 fully saturated rings. The van der Waals surface area contributed by atoms with Crippen LogP contribution in [-0.2, 0) is 107 Å². The molecule has 4 heterocycles. The Bertz CT molecular complexity index is 5190. The number of nitrogens with one attached hydrogen (secondary N) is 3. The number of aliphatic hydroxyl groups is 4. The van der Waals surface area contributed by atoms with Crippen LogP contribution in [0.3, 0.4) is 0 Å². The van der Waals surface area contributed by atoms with E-state index < -0.39 is 218 Å². The van der Waals surface area contributed by atoms with Gasteiger partial charge in [0, 0.05) is 0 Å². The number of H-pyrrole nitrogens is 3. The van der Waals surface area contributed by atoms with Gasteiger partial charge in [0.25, 0.3) is 0 Å². The van der Waals surface area contributed by atoms with Crippen molar-refractivity contribution >= 4 is 161 Å². The number of aromatic amines is 3. The van der Waals surface area contributed by atoms with Crippen molar-refractivity contribution in [3.8, 4) is 0 Å². The molecule has 0 spiro atoms. The van der Waals surface area contributed by atoms with Crippen LogP contribution in [0.1, 0.15) is 0 Å². The summed E-state index contributed by atoms with van der Waals surface area (Å²) < 4.78 is 392. The molecule has 4 rings (SSSR count). The van der Waals surface area contributed by atoms with Crippen molar-refractivity contribution in [3.05, 3.63) is 145 Å². The Morgan fingerprint density at radius 2 is 0.561 bits per heavy atom. The van der Waals surface area contributed by atoms with Crippen LogP contribution < -0.4 is 17.0 Å². The topological polar surface area (TPSA) is 860 Å². The molecule has 0 aliphatic rings. The number of halogens is 16. The van der Waals surface area contributed by atoms with Crippen molar-refractivity contribution in [1.29, 1.82) is 0 Å². The normalized spacial score (nSPS) is 18.8. The number of nitrogens with zero attached hydrogens (tertiary/aromatic N) is 5. The van der Waals surface area contributed by atoms with Crippen LogP contribution in [0.15, 0.2) is 58.6 Å². The first kappa shape index (κ1) is 139. The van der Waals surface area contributed by atoms with Crippen LogP contribution in [-0.4, -0.2) is 235 Å². The second kappa shape index (κ2) is 53.8. The minimum atomic E-state index is -5.90.